The fourth-order valence-electron chi connectivity index (χ4n) is 4.17. The van der Waals surface area contributed by atoms with Gasteiger partial charge in [-0.1, -0.05) is 19.9 Å². The first kappa shape index (κ1) is 24.4. The van der Waals surface area contributed by atoms with E-state index in [1.165, 1.54) is 21.1 Å². The van der Waals surface area contributed by atoms with Gasteiger partial charge in [-0.3, -0.25) is 4.79 Å². The van der Waals surface area contributed by atoms with E-state index >= 15 is 4.39 Å². The Labute approximate surface area is 194 Å². The topological polar surface area (TPSA) is 63.2 Å². The Balaban J connectivity index is 2.21. The third-order valence-corrected chi connectivity index (χ3v) is 5.82. The van der Waals surface area contributed by atoms with Crippen molar-refractivity contribution in [3.8, 4) is 23.0 Å². The zero-order chi connectivity index (χ0) is 24.6. The molecule has 0 amide bonds. The Morgan fingerprint density at radius 2 is 1.70 bits per heavy atom. The molecule has 1 atom stereocenters. The lowest BCUT2D eigenvalue weighted by Gasteiger charge is -2.37. The molecule has 3 rings (SSSR count). The van der Waals surface area contributed by atoms with Gasteiger partial charge in [0.2, 0.25) is 0 Å². The van der Waals surface area contributed by atoms with Gasteiger partial charge in [-0.2, -0.15) is 0 Å². The summed E-state index contributed by atoms with van der Waals surface area (Å²) >= 11 is 0. The first-order chi connectivity index (χ1) is 15.5. The van der Waals surface area contributed by atoms with E-state index < -0.39 is 28.9 Å². The van der Waals surface area contributed by atoms with Gasteiger partial charge in [0.05, 0.1) is 26.9 Å². The molecule has 0 spiro atoms. The summed E-state index contributed by atoms with van der Waals surface area (Å²) in [7, 11) is 4.36. The SMILES string of the molecule is COc1ccc(C(C)(C)C(OC(C)=O)c2ccc3c(c2OC)C=CC(C)(C)O3)c(F)c1OC. The van der Waals surface area contributed by atoms with Crippen LogP contribution in [0.15, 0.2) is 30.3 Å². The van der Waals surface area contributed by atoms with E-state index in [0.717, 1.165) is 5.56 Å². The van der Waals surface area contributed by atoms with E-state index in [1.807, 2.05) is 32.1 Å². The van der Waals surface area contributed by atoms with Gasteiger partial charge in [0.15, 0.2) is 17.3 Å². The van der Waals surface area contributed by atoms with Gasteiger partial charge in [0.1, 0.15) is 23.2 Å². The summed E-state index contributed by atoms with van der Waals surface area (Å²) < 4.78 is 43.6. The average Bonchev–Trinajstić information content (AvgIpc) is 2.75. The fraction of sp³-hybridized carbons (Fsp3) is 0.423. The summed E-state index contributed by atoms with van der Waals surface area (Å²) in [5.74, 6) is 0.331. The lowest BCUT2D eigenvalue weighted by atomic mass is 9.75. The number of benzene rings is 2. The van der Waals surface area contributed by atoms with E-state index in [1.54, 1.807) is 39.2 Å². The maximum atomic E-state index is 15.6. The highest BCUT2D eigenvalue weighted by molar-refractivity contribution is 5.71. The van der Waals surface area contributed by atoms with Crippen molar-refractivity contribution in [3.05, 3.63) is 52.8 Å². The van der Waals surface area contributed by atoms with E-state index in [9.17, 15) is 4.79 Å². The molecule has 0 bridgehead atoms. The normalized spacial score (nSPS) is 15.2. The summed E-state index contributed by atoms with van der Waals surface area (Å²) in [6, 6.07) is 6.85. The molecular weight excluding hydrogens is 427 g/mol. The quantitative estimate of drug-likeness (QED) is 0.502. The average molecular weight is 459 g/mol. The van der Waals surface area contributed by atoms with Crippen molar-refractivity contribution in [3.63, 3.8) is 0 Å². The molecule has 1 aliphatic rings. The van der Waals surface area contributed by atoms with E-state index in [2.05, 4.69) is 0 Å². The molecule has 0 radical (unpaired) electrons. The van der Waals surface area contributed by atoms with E-state index in [0.29, 0.717) is 22.6 Å². The van der Waals surface area contributed by atoms with Crippen LogP contribution in [0.2, 0.25) is 0 Å². The highest BCUT2D eigenvalue weighted by Gasteiger charge is 2.41. The van der Waals surface area contributed by atoms with Crippen LogP contribution in [0.1, 0.15) is 57.4 Å². The van der Waals surface area contributed by atoms with Crippen LogP contribution in [0.3, 0.4) is 0 Å². The molecule has 0 aliphatic carbocycles. The van der Waals surface area contributed by atoms with Crippen LogP contribution >= 0.6 is 0 Å². The Morgan fingerprint density at radius 3 is 2.27 bits per heavy atom. The Bertz CT molecular complexity index is 1090. The van der Waals surface area contributed by atoms with Gasteiger partial charge in [0.25, 0.3) is 0 Å². The molecule has 0 saturated carbocycles. The van der Waals surface area contributed by atoms with Gasteiger partial charge < -0.3 is 23.7 Å². The molecule has 2 aromatic carbocycles. The van der Waals surface area contributed by atoms with Gasteiger partial charge in [-0.05, 0) is 44.2 Å². The third kappa shape index (κ3) is 4.49. The number of halogens is 1. The number of carbonyl (C=O) groups excluding carboxylic acids is 1. The minimum absolute atomic E-state index is 0.0133. The molecule has 0 N–H and O–H groups in total. The summed E-state index contributed by atoms with van der Waals surface area (Å²) in [6.07, 6.45) is 2.99. The van der Waals surface area contributed by atoms with Crippen molar-refractivity contribution in [1.82, 2.24) is 0 Å². The number of fused-ring (bicyclic) bond motifs is 1. The number of ether oxygens (including phenoxy) is 5. The van der Waals surface area contributed by atoms with Gasteiger partial charge in [-0.15, -0.1) is 0 Å². The molecular formula is C26H31FO6. The molecule has 0 fully saturated rings. The molecule has 1 aliphatic heterocycles. The number of hydrogen-bond acceptors (Lipinski definition) is 6. The number of esters is 1. The second kappa shape index (κ2) is 8.96. The van der Waals surface area contributed by atoms with E-state index in [4.69, 9.17) is 23.7 Å². The maximum Gasteiger partial charge on any atom is 0.303 e. The Kier molecular flexibility index (Phi) is 6.63. The molecule has 7 heteroatoms. The highest BCUT2D eigenvalue weighted by atomic mass is 19.1. The van der Waals surface area contributed by atoms with Crippen LogP contribution in [0, 0.1) is 5.82 Å². The molecule has 1 unspecified atom stereocenters. The second-order valence-electron chi connectivity index (χ2n) is 9.01. The molecule has 0 saturated heterocycles. The Hall–Kier alpha value is -3.22. The van der Waals surface area contributed by atoms with Crippen molar-refractivity contribution >= 4 is 12.0 Å². The lowest BCUT2D eigenvalue weighted by molar-refractivity contribution is -0.150. The van der Waals surface area contributed by atoms with Crippen molar-refractivity contribution in [2.45, 2.75) is 51.7 Å². The number of methoxy groups -OCH3 is 3. The zero-order valence-corrected chi connectivity index (χ0v) is 20.4. The monoisotopic (exact) mass is 458 g/mol. The number of hydrogen-bond donors (Lipinski definition) is 0. The standard InChI is InChI=1S/C26H31FO6/c1-15(28)32-24(26(4,5)18-10-12-20(29-6)23(31-8)21(18)27)17-9-11-19-16(22(17)30-7)13-14-25(2,3)33-19/h9-14,24H,1-8H3. The molecule has 33 heavy (non-hydrogen) atoms. The lowest BCUT2D eigenvalue weighted by Crippen LogP contribution is -2.32. The van der Waals surface area contributed by atoms with Gasteiger partial charge in [-0.25, -0.2) is 4.39 Å². The first-order valence-electron chi connectivity index (χ1n) is 10.6. The van der Waals surface area contributed by atoms with Crippen LogP contribution in [0.25, 0.3) is 6.08 Å². The third-order valence-electron chi connectivity index (χ3n) is 5.82. The van der Waals surface area contributed by atoms with Crippen LogP contribution in [0.5, 0.6) is 23.0 Å². The number of carbonyl (C=O) groups is 1. The van der Waals surface area contributed by atoms with Crippen molar-refractivity contribution < 1.29 is 32.9 Å². The first-order valence-corrected chi connectivity index (χ1v) is 10.6. The molecule has 178 valence electrons. The summed E-state index contributed by atoms with van der Waals surface area (Å²) in [4.78, 5) is 12.1. The summed E-state index contributed by atoms with van der Waals surface area (Å²) in [6.45, 7) is 8.85. The van der Waals surface area contributed by atoms with Crippen LogP contribution in [0.4, 0.5) is 4.39 Å². The van der Waals surface area contributed by atoms with Crippen LogP contribution < -0.4 is 18.9 Å². The molecule has 1 heterocycles. The second-order valence-corrected chi connectivity index (χ2v) is 9.01. The molecule has 6 nitrogen and oxygen atoms in total. The van der Waals surface area contributed by atoms with Crippen LogP contribution in [-0.4, -0.2) is 32.9 Å². The largest absolute Gasteiger partial charge is 0.496 e. The van der Waals surface area contributed by atoms with Gasteiger partial charge in [0, 0.05) is 23.5 Å². The summed E-state index contributed by atoms with van der Waals surface area (Å²) in [5.41, 5.74) is 0.166. The molecule has 2 aromatic rings. The number of rotatable bonds is 7. The van der Waals surface area contributed by atoms with E-state index in [-0.39, 0.29) is 11.5 Å². The summed E-state index contributed by atoms with van der Waals surface area (Å²) in [5, 5.41) is 0. The van der Waals surface area contributed by atoms with Crippen molar-refractivity contribution in [2.75, 3.05) is 21.3 Å². The van der Waals surface area contributed by atoms with Crippen molar-refractivity contribution in [2.24, 2.45) is 0 Å². The fourth-order valence-corrected chi connectivity index (χ4v) is 4.17. The highest BCUT2D eigenvalue weighted by Crippen LogP contribution is 2.49. The predicted octanol–water partition coefficient (Wildman–Crippen LogP) is 5.62. The maximum absolute atomic E-state index is 15.6. The smallest absolute Gasteiger partial charge is 0.303 e. The minimum Gasteiger partial charge on any atom is -0.496 e. The zero-order valence-electron chi connectivity index (χ0n) is 20.4. The van der Waals surface area contributed by atoms with Crippen LogP contribution in [-0.2, 0) is 14.9 Å². The van der Waals surface area contributed by atoms with Gasteiger partial charge >= 0.3 is 5.97 Å². The van der Waals surface area contributed by atoms with Crippen molar-refractivity contribution in [1.29, 1.82) is 0 Å². The Morgan fingerprint density at radius 1 is 1.03 bits per heavy atom. The minimum atomic E-state index is -1.00. The molecule has 0 aromatic heterocycles. The predicted molar refractivity (Wildman–Crippen MR) is 124 cm³/mol.